The van der Waals surface area contributed by atoms with Crippen molar-refractivity contribution in [3.05, 3.63) is 47.5 Å². The lowest BCUT2D eigenvalue weighted by atomic mass is 10.1. The minimum absolute atomic E-state index is 0.547. The van der Waals surface area contributed by atoms with Crippen LogP contribution in [0.25, 0.3) is 0 Å². The predicted octanol–water partition coefficient (Wildman–Crippen LogP) is 0.886. The molecule has 0 amide bonds. The van der Waals surface area contributed by atoms with E-state index in [1.165, 1.54) is 6.21 Å². The molecular weight excluding hydrogens is 222 g/mol. The summed E-state index contributed by atoms with van der Waals surface area (Å²) in [5.41, 5.74) is 1.31. The minimum Gasteiger partial charge on any atom is -0.395 e. The van der Waals surface area contributed by atoms with Crippen LogP contribution in [-0.4, -0.2) is 18.2 Å². The van der Waals surface area contributed by atoms with Crippen LogP contribution in [0.3, 0.4) is 0 Å². The summed E-state index contributed by atoms with van der Waals surface area (Å²) in [6.07, 6.45) is 3.56. The Morgan fingerprint density at radius 1 is 1.00 bits per heavy atom. The fourth-order valence-corrected chi connectivity index (χ4v) is 1.78. The van der Waals surface area contributed by atoms with Crippen LogP contribution < -0.4 is 0 Å². The Balaban J connectivity index is 2.12. The molecule has 0 atom stereocenters. The molecule has 0 unspecified atom stereocenters. The molecule has 0 saturated carbocycles. The van der Waals surface area contributed by atoms with E-state index < -0.39 is 17.8 Å². The summed E-state index contributed by atoms with van der Waals surface area (Å²) in [4.78, 5) is 26.8. The van der Waals surface area contributed by atoms with Gasteiger partial charge in [-0.05, 0) is 6.07 Å². The molecule has 2 aliphatic rings. The van der Waals surface area contributed by atoms with Gasteiger partial charge in [-0.25, -0.2) is 14.6 Å². The van der Waals surface area contributed by atoms with E-state index >= 15 is 0 Å². The average molecular weight is 229 g/mol. The molecule has 84 valence electrons. The Morgan fingerprint density at radius 3 is 2.35 bits per heavy atom. The molecule has 2 heterocycles. The van der Waals surface area contributed by atoms with Gasteiger partial charge in [0.1, 0.15) is 0 Å². The first-order valence-electron chi connectivity index (χ1n) is 4.98. The second-order valence-electron chi connectivity index (χ2n) is 3.60. The Hall–Kier alpha value is -2.43. The smallest absolute Gasteiger partial charge is 0.390 e. The Bertz CT molecular complexity index is 554. The summed E-state index contributed by atoms with van der Waals surface area (Å²) in [6, 6.07) is 7.08. The fraction of sp³-hybridized carbons (Fsp3) is 0.0833. The number of hydrogen-bond donors (Lipinski definition) is 0. The number of rotatable bonds is 0. The molecular formula is C12H7NO4. The minimum atomic E-state index is -1.66. The summed E-state index contributed by atoms with van der Waals surface area (Å²) in [5, 5.41) is 0. The molecule has 0 N–H and O–H groups in total. The normalized spacial score (nSPS) is 19.8. The Labute approximate surface area is 96.4 Å². The van der Waals surface area contributed by atoms with E-state index in [4.69, 9.17) is 9.47 Å². The van der Waals surface area contributed by atoms with Gasteiger partial charge in [0, 0.05) is 23.9 Å². The largest absolute Gasteiger partial charge is 0.395 e. The monoisotopic (exact) mass is 229 g/mol. The lowest BCUT2D eigenvalue weighted by molar-refractivity contribution is -0.221. The summed E-state index contributed by atoms with van der Waals surface area (Å²) in [6.45, 7) is 0. The van der Waals surface area contributed by atoms with Crippen molar-refractivity contribution < 1.29 is 19.1 Å². The van der Waals surface area contributed by atoms with Crippen LogP contribution in [0.1, 0.15) is 11.1 Å². The molecule has 5 heteroatoms. The topological polar surface area (TPSA) is 65.0 Å². The molecule has 5 nitrogen and oxygen atoms in total. The standard InChI is InChI=1S/C12H7NO4/c14-10-5-6-11(15)17-12(16-10)9-4-2-1-3-8(9)7-13-12/h1-7H. The zero-order valence-corrected chi connectivity index (χ0v) is 8.62. The van der Waals surface area contributed by atoms with Gasteiger partial charge >= 0.3 is 17.8 Å². The van der Waals surface area contributed by atoms with Crippen molar-refractivity contribution in [1.82, 2.24) is 0 Å². The lowest BCUT2D eigenvalue weighted by Crippen LogP contribution is -2.32. The molecule has 3 rings (SSSR count). The SMILES string of the molecule is O=C1C=CC(=O)OC2(N=Cc3ccccc32)O1. The van der Waals surface area contributed by atoms with Gasteiger partial charge < -0.3 is 9.47 Å². The van der Waals surface area contributed by atoms with E-state index in [9.17, 15) is 9.59 Å². The Morgan fingerprint density at radius 2 is 1.65 bits per heavy atom. The molecule has 0 radical (unpaired) electrons. The van der Waals surface area contributed by atoms with E-state index in [-0.39, 0.29) is 0 Å². The molecule has 0 saturated heterocycles. The van der Waals surface area contributed by atoms with Crippen LogP contribution in [0.15, 0.2) is 41.4 Å². The predicted molar refractivity (Wildman–Crippen MR) is 57.0 cm³/mol. The second kappa shape index (κ2) is 3.28. The molecule has 2 aliphatic heterocycles. The first kappa shape index (κ1) is 9.77. The molecule has 1 spiro atoms. The van der Waals surface area contributed by atoms with Gasteiger partial charge in [0.15, 0.2) is 0 Å². The number of esters is 2. The maximum absolute atomic E-state index is 11.4. The van der Waals surface area contributed by atoms with Gasteiger partial charge in [0.2, 0.25) is 0 Å². The maximum atomic E-state index is 11.4. The van der Waals surface area contributed by atoms with Crippen molar-refractivity contribution in [2.75, 3.05) is 0 Å². The molecule has 17 heavy (non-hydrogen) atoms. The highest BCUT2D eigenvalue weighted by molar-refractivity contribution is 5.95. The first-order chi connectivity index (χ1) is 8.20. The van der Waals surface area contributed by atoms with Crippen molar-refractivity contribution in [3.8, 4) is 0 Å². The van der Waals surface area contributed by atoms with Crippen LogP contribution in [-0.2, 0) is 25.0 Å². The highest BCUT2D eigenvalue weighted by Gasteiger charge is 2.45. The van der Waals surface area contributed by atoms with Gasteiger partial charge in [-0.1, -0.05) is 18.2 Å². The number of aliphatic imine (C=N–C) groups is 1. The molecule has 1 aromatic rings. The second-order valence-corrected chi connectivity index (χ2v) is 3.60. The van der Waals surface area contributed by atoms with Crippen molar-refractivity contribution in [3.63, 3.8) is 0 Å². The van der Waals surface area contributed by atoms with Crippen LogP contribution in [0.2, 0.25) is 0 Å². The Kier molecular flexibility index (Phi) is 1.89. The third kappa shape index (κ3) is 1.44. The maximum Gasteiger partial charge on any atom is 0.390 e. The van der Waals surface area contributed by atoms with Crippen molar-refractivity contribution in [1.29, 1.82) is 0 Å². The molecule has 0 bridgehead atoms. The van der Waals surface area contributed by atoms with Gasteiger partial charge in [0.25, 0.3) is 0 Å². The fourth-order valence-electron chi connectivity index (χ4n) is 1.78. The van der Waals surface area contributed by atoms with Crippen LogP contribution in [0.4, 0.5) is 0 Å². The van der Waals surface area contributed by atoms with E-state index in [1.807, 2.05) is 6.07 Å². The molecule has 1 aromatic carbocycles. The van der Waals surface area contributed by atoms with Crippen molar-refractivity contribution >= 4 is 18.2 Å². The molecule has 0 aromatic heterocycles. The summed E-state index contributed by atoms with van der Waals surface area (Å²) >= 11 is 0. The number of fused-ring (bicyclic) bond motifs is 2. The summed E-state index contributed by atoms with van der Waals surface area (Å²) in [7, 11) is 0. The number of carbonyl (C=O) groups is 2. The summed E-state index contributed by atoms with van der Waals surface area (Å²) in [5.74, 6) is -2.98. The van der Waals surface area contributed by atoms with Gasteiger partial charge in [-0.15, -0.1) is 0 Å². The first-order valence-corrected chi connectivity index (χ1v) is 4.98. The van der Waals surface area contributed by atoms with Gasteiger partial charge in [-0.3, -0.25) is 0 Å². The summed E-state index contributed by atoms with van der Waals surface area (Å²) < 4.78 is 10.2. The molecule has 0 aliphatic carbocycles. The van der Waals surface area contributed by atoms with Crippen molar-refractivity contribution in [2.45, 2.75) is 5.91 Å². The zero-order valence-electron chi connectivity index (χ0n) is 8.62. The van der Waals surface area contributed by atoms with E-state index in [0.29, 0.717) is 5.56 Å². The number of carbonyl (C=O) groups excluding carboxylic acids is 2. The number of ether oxygens (including phenoxy) is 2. The van der Waals surface area contributed by atoms with E-state index in [0.717, 1.165) is 17.7 Å². The van der Waals surface area contributed by atoms with Crippen LogP contribution >= 0.6 is 0 Å². The molecule has 0 fully saturated rings. The highest BCUT2D eigenvalue weighted by atomic mass is 16.7. The number of nitrogens with zero attached hydrogens (tertiary/aromatic N) is 1. The number of hydrogen-bond acceptors (Lipinski definition) is 5. The third-order valence-electron chi connectivity index (χ3n) is 2.51. The van der Waals surface area contributed by atoms with Crippen LogP contribution in [0, 0.1) is 0 Å². The van der Waals surface area contributed by atoms with Gasteiger partial charge in [0.05, 0.1) is 5.56 Å². The zero-order chi connectivity index (χ0) is 11.9. The third-order valence-corrected chi connectivity index (χ3v) is 2.51. The number of benzene rings is 1. The average Bonchev–Trinajstić information content (AvgIpc) is 2.58. The highest BCUT2D eigenvalue weighted by Crippen LogP contribution is 2.36. The van der Waals surface area contributed by atoms with Crippen LogP contribution in [0.5, 0.6) is 0 Å². The van der Waals surface area contributed by atoms with E-state index in [2.05, 4.69) is 4.99 Å². The van der Waals surface area contributed by atoms with Gasteiger partial charge in [-0.2, -0.15) is 0 Å². The van der Waals surface area contributed by atoms with Crippen molar-refractivity contribution in [2.24, 2.45) is 4.99 Å². The quantitative estimate of drug-likeness (QED) is 0.619. The van der Waals surface area contributed by atoms with E-state index in [1.54, 1.807) is 18.2 Å². The lowest BCUT2D eigenvalue weighted by Gasteiger charge is -2.24.